The Hall–Kier alpha value is -1.55. The van der Waals surface area contributed by atoms with Crippen LogP contribution in [0.25, 0.3) is 0 Å². The first-order chi connectivity index (χ1) is 8.74. The molecule has 0 amide bonds. The van der Waals surface area contributed by atoms with Crippen molar-refractivity contribution in [2.75, 3.05) is 20.3 Å². The van der Waals surface area contributed by atoms with E-state index in [4.69, 9.17) is 9.47 Å². The minimum atomic E-state index is -0.154. The third kappa shape index (κ3) is 2.82. The van der Waals surface area contributed by atoms with Crippen LogP contribution in [0.5, 0.6) is 5.75 Å². The highest BCUT2D eigenvalue weighted by atomic mass is 16.5. The van der Waals surface area contributed by atoms with Gasteiger partial charge in [-0.1, -0.05) is 6.07 Å². The average molecular weight is 249 g/mol. The average Bonchev–Trinajstić information content (AvgIpc) is 2.38. The van der Waals surface area contributed by atoms with Crippen molar-refractivity contribution in [2.24, 2.45) is 0 Å². The van der Waals surface area contributed by atoms with Crippen LogP contribution in [0.4, 0.5) is 0 Å². The summed E-state index contributed by atoms with van der Waals surface area (Å²) in [4.78, 5) is 11.6. The van der Waals surface area contributed by atoms with E-state index in [1.807, 2.05) is 25.1 Å². The van der Waals surface area contributed by atoms with Crippen LogP contribution in [-0.2, 0) is 16.0 Å². The number of ether oxygens (including phenoxy) is 2. The molecule has 2 rings (SSSR count). The maximum Gasteiger partial charge on any atom is 0.307 e. The van der Waals surface area contributed by atoms with Crippen LogP contribution < -0.4 is 10.1 Å². The molecule has 4 nitrogen and oxygen atoms in total. The molecule has 1 unspecified atom stereocenters. The fraction of sp³-hybridized carbons (Fsp3) is 0.500. The molecule has 0 fully saturated rings. The molecule has 0 radical (unpaired) electrons. The molecule has 0 saturated carbocycles. The van der Waals surface area contributed by atoms with Gasteiger partial charge in [-0.2, -0.15) is 0 Å². The van der Waals surface area contributed by atoms with Gasteiger partial charge in [0, 0.05) is 6.04 Å². The third-order valence-corrected chi connectivity index (χ3v) is 3.19. The SMILES string of the molecule is CCOC(=O)CC1NCCc2cc(OC)ccc21. The van der Waals surface area contributed by atoms with Crippen molar-refractivity contribution < 1.29 is 14.3 Å². The Labute approximate surface area is 107 Å². The molecule has 98 valence electrons. The fourth-order valence-electron chi connectivity index (χ4n) is 2.33. The van der Waals surface area contributed by atoms with Gasteiger partial charge >= 0.3 is 5.97 Å². The summed E-state index contributed by atoms with van der Waals surface area (Å²) in [5.74, 6) is 0.712. The lowest BCUT2D eigenvalue weighted by atomic mass is 9.92. The summed E-state index contributed by atoms with van der Waals surface area (Å²) in [6, 6.07) is 6.07. The quantitative estimate of drug-likeness (QED) is 0.827. The lowest BCUT2D eigenvalue weighted by Gasteiger charge is -2.26. The highest BCUT2D eigenvalue weighted by Gasteiger charge is 2.22. The Balaban J connectivity index is 2.15. The Bertz CT molecular complexity index is 431. The van der Waals surface area contributed by atoms with Crippen LogP contribution in [0.1, 0.15) is 30.5 Å². The van der Waals surface area contributed by atoms with Gasteiger partial charge in [-0.3, -0.25) is 4.79 Å². The monoisotopic (exact) mass is 249 g/mol. The molecule has 0 saturated heterocycles. The van der Waals surface area contributed by atoms with Crippen LogP contribution in [0.15, 0.2) is 18.2 Å². The van der Waals surface area contributed by atoms with Crippen LogP contribution in [0.2, 0.25) is 0 Å². The largest absolute Gasteiger partial charge is 0.497 e. The molecule has 0 aliphatic carbocycles. The van der Waals surface area contributed by atoms with Gasteiger partial charge in [-0.15, -0.1) is 0 Å². The van der Waals surface area contributed by atoms with E-state index in [0.29, 0.717) is 13.0 Å². The summed E-state index contributed by atoms with van der Waals surface area (Å²) < 4.78 is 10.2. The molecule has 1 aliphatic rings. The van der Waals surface area contributed by atoms with Gasteiger partial charge in [-0.25, -0.2) is 0 Å². The Morgan fingerprint density at radius 3 is 3.06 bits per heavy atom. The summed E-state index contributed by atoms with van der Waals surface area (Å²) in [5.41, 5.74) is 2.43. The third-order valence-electron chi connectivity index (χ3n) is 3.19. The zero-order valence-corrected chi connectivity index (χ0v) is 10.9. The van der Waals surface area contributed by atoms with Gasteiger partial charge < -0.3 is 14.8 Å². The standard InChI is InChI=1S/C14H19NO3/c1-3-18-14(16)9-13-12-5-4-11(17-2)8-10(12)6-7-15-13/h4-5,8,13,15H,3,6-7,9H2,1-2H3. The number of benzene rings is 1. The minimum absolute atomic E-state index is 0.0544. The lowest BCUT2D eigenvalue weighted by molar-refractivity contribution is -0.143. The van der Waals surface area contributed by atoms with E-state index in [1.165, 1.54) is 11.1 Å². The molecule has 1 N–H and O–H groups in total. The molecule has 1 aromatic carbocycles. The Morgan fingerprint density at radius 2 is 2.33 bits per heavy atom. The summed E-state index contributed by atoms with van der Waals surface area (Å²) in [7, 11) is 1.67. The van der Waals surface area contributed by atoms with Crippen molar-refractivity contribution in [3.05, 3.63) is 29.3 Å². The highest BCUT2D eigenvalue weighted by molar-refractivity contribution is 5.70. The van der Waals surface area contributed by atoms with Gasteiger partial charge in [0.2, 0.25) is 0 Å². The molecular weight excluding hydrogens is 230 g/mol. The minimum Gasteiger partial charge on any atom is -0.497 e. The van der Waals surface area contributed by atoms with Crippen LogP contribution >= 0.6 is 0 Å². The molecule has 1 aliphatic heterocycles. The molecule has 1 heterocycles. The number of hydrogen-bond acceptors (Lipinski definition) is 4. The van der Waals surface area contributed by atoms with Gasteiger partial charge in [0.1, 0.15) is 5.75 Å². The normalized spacial score (nSPS) is 18.0. The molecule has 18 heavy (non-hydrogen) atoms. The first-order valence-corrected chi connectivity index (χ1v) is 6.30. The first-order valence-electron chi connectivity index (χ1n) is 6.30. The number of methoxy groups -OCH3 is 1. The molecule has 0 aromatic heterocycles. The number of esters is 1. The second-order valence-corrected chi connectivity index (χ2v) is 4.33. The van der Waals surface area contributed by atoms with Crippen molar-refractivity contribution in [3.8, 4) is 5.75 Å². The van der Waals surface area contributed by atoms with Crippen LogP contribution in [0.3, 0.4) is 0 Å². The second-order valence-electron chi connectivity index (χ2n) is 4.33. The van der Waals surface area contributed by atoms with Crippen molar-refractivity contribution in [1.82, 2.24) is 5.32 Å². The van der Waals surface area contributed by atoms with Crippen molar-refractivity contribution in [3.63, 3.8) is 0 Å². The number of carbonyl (C=O) groups excluding carboxylic acids is 1. The zero-order valence-electron chi connectivity index (χ0n) is 10.9. The van der Waals surface area contributed by atoms with Gasteiger partial charge in [0.15, 0.2) is 0 Å². The van der Waals surface area contributed by atoms with Gasteiger partial charge in [0.25, 0.3) is 0 Å². The zero-order chi connectivity index (χ0) is 13.0. The molecule has 1 aromatic rings. The molecule has 0 bridgehead atoms. The van der Waals surface area contributed by atoms with Crippen LogP contribution in [-0.4, -0.2) is 26.2 Å². The van der Waals surface area contributed by atoms with Crippen molar-refractivity contribution >= 4 is 5.97 Å². The van der Waals surface area contributed by atoms with Gasteiger partial charge in [-0.05, 0) is 43.1 Å². The highest BCUT2D eigenvalue weighted by Crippen LogP contribution is 2.28. The molecule has 0 spiro atoms. The van der Waals surface area contributed by atoms with Crippen molar-refractivity contribution in [1.29, 1.82) is 0 Å². The number of fused-ring (bicyclic) bond motifs is 1. The topological polar surface area (TPSA) is 47.6 Å². The summed E-state index contributed by atoms with van der Waals surface area (Å²) in [5, 5.41) is 3.36. The second kappa shape index (κ2) is 5.87. The van der Waals surface area contributed by atoms with Gasteiger partial charge in [0.05, 0.1) is 20.1 Å². The first kappa shape index (κ1) is 12.9. The van der Waals surface area contributed by atoms with E-state index in [1.54, 1.807) is 7.11 Å². The predicted octanol–water partition coefficient (Wildman–Crippen LogP) is 1.84. The number of rotatable bonds is 4. The predicted molar refractivity (Wildman–Crippen MR) is 68.7 cm³/mol. The van der Waals surface area contributed by atoms with E-state index in [0.717, 1.165) is 18.7 Å². The molecule has 4 heteroatoms. The van der Waals surface area contributed by atoms with E-state index >= 15 is 0 Å². The van der Waals surface area contributed by atoms with Crippen molar-refractivity contribution in [2.45, 2.75) is 25.8 Å². The Kier molecular flexibility index (Phi) is 4.20. The molecule has 1 atom stereocenters. The lowest BCUT2D eigenvalue weighted by Crippen LogP contribution is -2.31. The fourth-order valence-corrected chi connectivity index (χ4v) is 2.33. The number of nitrogens with one attached hydrogen (secondary N) is 1. The molecular formula is C14H19NO3. The summed E-state index contributed by atoms with van der Waals surface area (Å²) >= 11 is 0. The smallest absolute Gasteiger partial charge is 0.307 e. The maximum absolute atomic E-state index is 11.6. The van der Waals surface area contributed by atoms with E-state index in [-0.39, 0.29) is 12.0 Å². The van der Waals surface area contributed by atoms with E-state index in [9.17, 15) is 4.79 Å². The Morgan fingerprint density at radius 1 is 1.50 bits per heavy atom. The number of hydrogen-bond donors (Lipinski definition) is 1. The number of carbonyl (C=O) groups is 1. The summed E-state index contributed by atoms with van der Waals surface area (Å²) in [6.45, 7) is 3.14. The van der Waals surface area contributed by atoms with Crippen LogP contribution in [0, 0.1) is 0 Å². The summed E-state index contributed by atoms with van der Waals surface area (Å²) in [6.07, 6.45) is 1.35. The maximum atomic E-state index is 11.6. The van der Waals surface area contributed by atoms with E-state index in [2.05, 4.69) is 5.32 Å². The van der Waals surface area contributed by atoms with E-state index < -0.39 is 0 Å².